The van der Waals surface area contributed by atoms with Crippen LogP contribution in [0.1, 0.15) is 47.4 Å². The second-order valence-corrected chi connectivity index (χ2v) is 8.06. The van der Waals surface area contributed by atoms with E-state index in [4.69, 9.17) is 9.15 Å². The lowest BCUT2D eigenvalue weighted by molar-refractivity contribution is 0.0947. The van der Waals surface area contributed by atoms with Crippen LogP contribution in [-0.4, -0.2) is 36.5 Å². The normalized spacial score (nSPS) is 15.7. The molecule has 1 atom stereocenters. The molecule has 2 heterocycles. The molecule has 2 aromatic carbocycles. The average Bonchev–Trinajstić information content (AvgIpc) is 3.38. The molecule has 1 aliphatic heterocycles. The largest absolute Gasteiger partial charge is 0.494 e. The van der Waals surface area contributed by atoms with Gasteiger partial charge in [0.1, 0.15) is 11.5 Å². The van der Waals surface area contributed by atoms with Gasteiger partial charge in [-0.25, -0.2) is 4.79 Å². The van der Waals surface area contributed by atoms with Crippen LogP contribution in [-0.2, 0) is 6.54 Å². The number of amides is 3. The number of benzene rings is 2. The highest BCUT2D eigenvalue weighted by Crippen LogP contribution is 2.28. The molecule has 0 unspecified atom stereocenters. The van der Waals surface area contributed by atoms with E-state index >= 15 is 0 Å². The molecule has 1 saturated heterocycles. The summed E-state index contributed by atoms with van der Waals surface area (Å²) < 4.78 is 10.7. The summed E-state index contributed by atoms with van der Waals surface area (Å²) in [6, 6.07) is 18.5. The summed E-state index contributed by atoms with van der Waals surface area (Å²) >= 11 is 0. The second kappa shape index (κ2) is 10.7. The maximum Gasteiger partial charge on any atom is 0.321 e. The third-order valence-corrected chi connectivity index (χ3v) is 5.75. The van der Waals surface area contributed by atoms with E-state index in [0.29, 0.717) is 37.6 Å². The molecule has 3 amide bonds. The zero-order chi connectivity index (χ0) is 23.0. The van der Waals surface area contributed by atoms with Crippen LogP contribution in [0, 0.1) is 0 Å². The third kappa shape index (κ3) is 5.94. The van der Waals surface area contributed by atoms with E-state index in [0.717, 1.165) is 29.8 Å². The fraction of sp³-hybridized carbons (Fsp3) is 0.308. The van der Waals surface area contributed by atoms with Gasteiger partial charge in [0, 0.05) is 30.3 Å². The number of ether oxygens (including phenoxy) is 1. The standard InChI is InChI=1S/C26H29N3O4/c1-2-32-23-12-10-22(11-13-23)28-26(31)29-14-4-8-21(18-29)19-6-3-7-20(16-19)25(30)27-17-24-9-5-15-33-24/h3,5-7,9-13,15-16,21H,2,4,8,14,17-18H2,1H3,(H,27,30)(H,28,31)/t21-/m0/s1. The zero-order valence-electron chi connectivity index (χ0n) is 18.8. The minimum atomic E-state index is -0.144. The first-order chi connectivity index (χ1) is 16.1. The number of carbonyl (C=O) groups excluding carboxylic acids is 2. The number of nitrogens with zero attached hydrogens (tertiary/aromatic N) is 1. The molecule has 4 rings (SSSR count). The van der Waals surface area contributed by atoms with Crippen LogP contribution in [0.4, 0.5) is 10.5 Å². The van der Waals surface area contributed by atoms with Crippen LogP contribution in [0.5, 0.6) is 5.75 Å². The highest BCUT2D eigenvalue weighted by Gasteiger charge is 2.25. The minimum Gasteiger partial charge on any atom is -0.494 e. The van der Waals surface area contributed by atoms with Crippen molar-refractivity contribution in [3.05, 3.63) is 83.8 Å². The van der Waals surface area contributed by atoms with E-state index in [-0.39, 0.29) is 17.9 Å². The molecule has 172 valence electrons. The van der Waals surface area contributed by atoms with Gasteiger partial charge in [0.2, 0.25) is 0 Å². The van der Waals surface area contributed by atoms with Gasteiger partial charge in [-0.2, -0.15) is 0 Å². The first-order valence-electron chi connectivity index (χ1n) is 11.3. The average molecular weight is 448 g/mol. The molecule has 1 aliphatic rings. The number of rotatable bonds is 7. The molecular formula is C26H29N3O4. The van der Waals surface area contributed by atoms with E-state index in [1.807, 2.05) is 60.4 Å². The van der Waals surface area contributed by atoms with Crippen molar-refractivity contribution in [3.8, 4) is 5.75 Å². The molecule has 2 N–H and O–H groups in total. The Morgan fingerprint density at radius 1 is 1.12 bits per heavy atom. The van der Waals surface area contributed by atoms with Gasteiger partial charge in [-0.1, -0.05) is 12.1 Å². The maximum atomic E-state index is 12.8. The number of piperidine rings is 1. The Kier molecular flexibility index (Phi) is 7.29. The topological polar surface area (TPSA) is 83.8 Å². The molecule has 7 heteroatoms. The lowest BCUT2D eigenvalue weighted by Crippen LogP contribution is -2.41. The summed E-state index contributed by atoms with van der Waals surface area (Å²) in [6.07, 6.45) is 3.48. The van der Waals surface area contributed by atoms with Gasteiger partial charge >= 0.3 is 6.03 Å². The first-order valence-corrected chi connectivity index (χ1v) is 11.3. The van der Waals surface area contributed by atoms with Crippen molar-refractivity contribution in [3.63, 3.8) is 0 Å². The number of hydrogen-bond acceptors (Lipinski definition) is 4. The van der Waals surface area contributed by atoms with Gasteiger partial charge in [0.15, 0.2) is 0 Å². The Hall–Kier alpha value is -3.74. The summed E-state index contributed by atoms with van der Waals surface area (Å²) in [4.78, 5) is 27.3. The molecule has 7 nitrogen and oxygen atoms in total. The number of anilines is 1. The fourth-order valence-electron chi connectivity index (χ4n) is 4.05. The number of hydrogen-bond donors (Lipinski definition) is 2. The summed E-state index contributed by atoms with van der Waals surface area (Å²) in [6.45, 7) is 4.21. The quantitative estimate of drug-likeness (QED) is 0.533. The molecule has 0 saturated carbocycles. The zero-order valence-corrected chi connectivity index (χ0v) is 18.8. The smallest absolute Gasteiger partial charge is 0.321 e. The van der Waals surface area contributed by atoms with Crippen molar-refractivity contribution in [1.82, 2.24) is 10.2 Å². The summed E-state index contributed by atoms with van der Waals surface area (Å²) in [5.74, 6) is 1.53. The van der Waals surface area contributed by atoms with Gasteiger partial charge in [-0.05, 0) is 73.9 Å². The summed E-state index contributed by atoms with van der Waals surface area (Å²) in [5, 5.41) is 5.85. The molecule has 3 aromatic rings. The van der Waals surface area contributed by atoms with Gasteiger partial charge in [0.25, 0.3) is 5.91 Å². The summed E-state index contributed by atoms with van der Waals surface area (Å²) in [5.41, 5.74) is 2.41. The van der Waals surface area contributed by atoms with Crippen molar-refractivity contribution in [2.45, 2.75) is 32.2 Å². The monoisotopic (exact) mass is 447 g/mol. The van der Waals surface area contributed by atoms with E-state index < -0.39 is 0 Å². The maximum absolute atomic E-state index is 12.8. The van der Waals surface area contributed by atoms with Crippen molar-refractivity contribution in [1.29, 1.82) is 0 Å². The van der Waals surface area contributed by atoms with E-state index in [2.05, 4.69) is 10.6 Å². The van der Waals surface area contributed by atoms with Gasteiger partial charge < -0.3 is 24.7 Å². The number of furan rings is 1. The van der Waals surface area contributed by atoms with Crippen LogP contribution in [0.25, 0.3) is 0 Å². The molecule has 1 fully saturated rings. The second-order valence-electron chi connectivity index (χ2n) is 8.06. The van der Waals surface area contributed by atoms with Crippen LogP contribution in [0.3, 0.4) is 0 Å². The first kappa shape index (κ1) is 22.5. The Bertz CT molecular complexity index is 1060. The van der Waals surface area contributed by atoms with Gasteiger partial charge in [-0.15, -0.1) is 0 Å². The number of urea groups is 1. The van der Waals surface area contributed by atoms with E-state index in [1.165, 1.54) is 0 Å². The van der Waals surface area contributed by atoms with Gasteiger partial charge in [0.05, 0.1) is 19.4 Å². The Morgan fingerprint density at radius 3 is 2.73 bits per heavy atom. The molecule has 0 radical (unpaired) electrons. The van der Waals surface area contributed by atoms with Crippen molar-refractivity contribution in [2.24, 2.45) is 0 Å². The third-order valence-electron chi connectivity index (χ3n) is 5.75. The summed E-state index contributed by atoms with van der Waals surface area (Å²) in [7, 11) is 0. The SMILES string of the molecule is CCOc1ccc(NC(=O)N2CCC[C@H](c3cccc(C(=O)NCc4ccco4)c3)C2)cc1. The van der Waals surface area contributed by atoms with E-state index in [9.17, 15) is 9.59 Å². The Morgan fingerprint density at radius 2 is 1.97 bits per heavy atom. The number of likely N-dealkylation sites (tertiary alicyclic amines) is 1. The van der Waals surface area contributed by atoms with Crippen molar-refractivity contribution < 1.29 is 18.7 Å². The Balaban J connectivity index is 1.36. The fourth-order valence-corrected chi connectivity index (χ4v) is 4.05. The van der Waals surface area contributed by atoms with Crippen molar-refractivity contribution >= 4 is 17.6 Å². The highest BCUT2D eigenvalue weighted by molar-refractivity contribution is 5.94. The van der Waals surface area contributed by atoms with Crippen LogP contribution in [0.15, 0.2) is 71.3 Å². The minimum absolute atomic E-state index is 0.115. The Labute approximate surface area is 193 Å². The van der Waals surface area contributed by atoms with Crippen LogP contribution in [0.2, 0.25) is 0 Å². The molecule has 0 spiro atoms. The lowest BCUT2D eigenvalue weighted by atomic mass is 9.89. The van der Waals surface area contributed by atoms with Crippen LogP contribution < -0.4 is 15.4 Å². The predicted molar refractivity (Wildman–Crippen MR) is 126 cm³/mol. The molecule has 0 aliphatic carbocycles. The molecule has 1 aromatic heterocycles. The lowest BCUT2D eigenvalue weighted by Gasteiger charge is -2.33. The number of nitrogens with one attached hydrogen (secondary N) is 2. The molecule has 0 bridgehead atoms. The van der Waals surface area contributed by atoms with Crippen LogP contribution >= 0.6 is 0 Å². The molecular weight excluding hydrogens is 418 g/mol. The highest BCUT2D eigenvalue weighted by atomic mass is 16.5. The predicted octanol–water partition coefficient (Wildman–Crippen LogP) is 5.02. The van der Waals surface area contributed by atoms with E-state index in [1.54, 1.807) is 18.4 Å². The molecule has 33 heavy (non-hydrogen) atoms. The van der Waals surface area contributed by atoms with Crippen molar-refractivity contribution in [2.75, 3.05) is 25.0 Å². The van der Waals surface area contributed by atoms with Gasteiger partial charge in [-0.3, -0.25) is 4.79 Å². The number of carbonyl (C=O) groups is 2.